The Labute approximate surface area is 227 Å². The molecule has 10 heteroatoms. The summed E-state index contributed by atoms with van der Waals surface area (Å²) in [5.74, 6) is -2.14. The van der Waals surface area contributed by atoms with Crippen LogP contribution in [0.2, 0.25) is 0 Å². The number of aliphatic hydroxyl groups is 1. The zero-order chi connectivity index (χ0) is 28.0. The van der Waals surface area contributed by atoms with Crippen LogP contribution < -0.4 is 10.9 Å². The Bertz CT molecular complexity index is 1810. The third kappa shape index (κ3) is 4.64. The van der Waals surface area contributed by atoms with Crippen molar-refractivity contribution in [2.75, 3.05) is 0 Å². The van der Waals surface area contributed by atoms with Gasteiger partial charge in [0.05, 0.1) is 40.7 Å². The van der Waals surface area contributed by atoms with E-state index in [9.17, 15) is 14.7 Å². The van der Waals surface area contributed by atoms with Gasteiger partial charge in [-0.3, -0.25) is 19.3 Å². The number of nitrogens with zero attached hydrogens (tertiary/aromatic N) is 4. The fraction of sp³-hybridized carbons (Fsp3) is 0.267. The molecule has 0 unspecified atom stereocenters. The highest BCUT2D eigenvalue weighted by Crippen LogP contribution is 2.31. The summed E-state index contributed by atoms with van der Waals surface area (Å²) in [5, 5.41) is 18.4. The summed E-state index contributed by atoms with van der Waals surface area (Å²) >= 11 is 0. The van der Waals surface area contributed by atoms with E-state index in [0.29, 0.717) is 29.5 Å². The molecule has 2 aromatic carbocycles. The van der Waals surface area contributed by atoms with Crippen molar-refractivity contribution in [3.63, 3.8) is 0 Å². The molecular formula is C30H27F2N5O3. The van der Waals surface area contributed by atoms with E-state index in [2.05, 4.69) is 15.4 Å². The van der Waals surface area contributed by atoms with Gasteiger partial charge in [0.2, 0.25) is 0 Å². The molecule has 0 spiro atoms. The van der Waals surface area contributed by atoms with Crippen LogP contribution in [-0.2, 0) is 13.6 Å². The van der Waals surface area contributed by atoms with Crippen LogP contribution in [0.1, 0.15) is 41.6 Å². The second-order valence-corrected chi connectivity index (χ2v) is 10.3. The van der Waals surface area contributed by atoms with E-state index >= 15 is 8.78 Å². The van der Waals surface area contributed by atoms with Gasteiger partial charge in [0.25, 0.3) is 11.5 Å². The molecule has 5 aromatic rings. The lowest BCUT2D eigenvalue weighted by Gasteiger charge is -2.28. The lowest BCUT2D eigenvalue weighted by Crippen LogP contribution is -2.45. The van der Waals surface area contributed by atoms with Gasteiger partial charge in [0.15, 0.2) is 0 Å². The largest absolute Gasteiger partial charge is 0.391 e. The summed E-state index contributed by atoms with van der Waals surface area (Å²) < 4.78 is 33.7. The first-order chi connectivity index (χ1) is 19.3. The number of halogens is 2. The number of amides is 1. The van der Waals surface area contributed by atoms with Gasteiger partial charge in [-0.2, -0.15) is 5.10 Å². The Hall–Kier alpha value is -4.44. The van der Waals surface area contributed by atoms with Crippen LogP contribution in [0.4, 0.5) is 8.78 Å². The lowest BCUT2D eigenvalue weighted by molar-refractivity contribution is 0.0718. The number of aliphatic hydroxyl groups excluding tert-OH is 1. The van der Waals surface area contributed by atoms with Gasteiger partial charge < -0.3 is 15.0 Å². The summed E-state index contributed by atoms with van der Waals surface area (Å²) in [5.41, 5.74) is 1.13. The van der Waals surface area contributed by atoms with E-state index in [0.717, 1.165) is 22.8 Å². The number of rotatable bonds is 5. The quantitative estimate of drug-likeness (QED) is 0.344. The SMILES string of the molecule is Cn1cc2c(-c3cc(F)c(Cn4cc(C(=O)N[C@H]5CCCC[C@@H]5O)c5ncccc5c4=O)c(F)c3)cccc2n1. The van der Waals surface area contributed by atoms with Crippen LogP contribution in [0, 0.1) is 11.6 Å². The number of hydrogen-bond acceptors (Lipinski definition) is 5. The number of carbonyl (C=O) groups excluding carboxylic acids is 1. The van der Waals surface area contributed by atoms with E-state index in [4.69, 9.17) is 0 Å². The molecule has 3 aromatic heterocycles. The number of aryl methyl sites for hydroxylation is 1. The van der Waals surface area contributed by atoms with E-state index in [-0.39, 0.29) is 22.0 Å². The number of aromatic nitrogens is 4. The van der Waals surface area contributed by atoms with Crippen LogP contribution in [0.15, 0.2) is 65.8 Å². The smallest absolute Gasteiger partial charge is 0.260 e. The predicted octanol–water partition coefficient (Wildman–Crippen LogP) is 4.31. The maximum Gasteiger partial charge on any atom is 0.260 e. The molecule has 8 nitrogen and oxygen atoms in total. The number of hydrogen-bond donors (Lipinski definition) is 2. The third-order valence-electron chi connectivity index (χ3n) is 7.57. The van der Waals surface area contributed by atoms with Crippen molar-refractivity contribution in [3.8, 4) is 11.1 Å². The zero-order valence-corrected chi connectivity index (χ0v) is 21.8. The van der Waals surface area contributed by atoms with Crippen molar-refractivity contribution in [2.45, 2.75) is 44.4 Å². The normalized spacial score (nSPS) is 17.4. The molecule has 40 heavy (non-hydrogen) atoms. The molecule has 0 radical (unpaired) electrons. The van der Waals surface area contributed by atoms with Gasteiger partial charge in [0.1, 0.15) is 11.6 Å². The van der Waals surface area contributed by atoms with Crippen LogP contribution in [0.3, 0.4) is 0 Å². The molecule has 1 fully saturated rings. The standard InChI is InChI=1S/C30H27F2N5O3/c1-36-14-20-18(6-4-9-25(20)35-36)17-12-23(31)21(24(32)13-17)15-37-16-22(28-19(30(37)40)7-5-11-33-28)29(39)34-26-8-2-3-10-27(26)38/h4-7,9,11-14,16,26-27,38H,2-3,8,10,15H2,1H3,(H,34,39)/t26-,27-/m0/s1. The first-order valence-corrected chi connectivity index (χ1v) is 13.2. The van der Waals surface area contributed by atoms with Crippen molar-refractivity contribution in [3.05, 3.63) is 94.2 Å². The molecule has 6 rings (SSSR count). The summed E-state index contributed by atoms with van der Waals surface area (Å²) in [4.78, 5) is 30.8. The van der Waals surface area contributed by atoms with Crippen molar-refractivity contribution < 1.29 is 18.7 Å². The van der Waals surface area contributed by atoms with Crippen molar-refractivity contribution in [1.29, 1.82) is 0 Å². The van der Waals surface area contributed by atoms with Gasteiger partial charge in [-0.05, 0) is 54.3 Å². The first-order valence-electron chi connectivity index (χ1n) is 13.2. The summed E-state index contributed by atoms with van der Waals surface area (Å²) in [7, 11) is 1.77. The Morgan fingerprint density at radius 1 is 1.07 bits per heavy atom. The maximum atomic E-state index is 15.4. The molecule has 0 aliphatic heterocycles. The number of nitrogens with one attached hydrogen (secondary N) is 1. The Morgan fingerprint density at radius 2 is 1.85 bits per heavy atom. The molecule has 1 aliphatic rings. The highest BCUT2D eigenvalue weighted by atomic mass is 19.1. The van der Waals surface area contributed by atoms with Gasteiger partial charge >= 0.3 is 0 Å². The minimum Gasteiger partial charge on any atom is -0.391 e. The molecular weight excluding hydrogens is 516 g/mol. The Balaban J connectivity index is 1.38. The molecule has 1 amide bonds. The van der Waals surface area contributed by atoms with Crippen molar-refractivity contribution in [1.82, 2.24) is 24.6 Å². The predicted molar refractivity (Wildman–Crippen MR) is 147 cm³/mol. The van der Waals surface area contributed by atoms with Crippen LogP contribution in [-0.4, -0.2) is 42.5 Å². The van der Waals surface area contributed by atoms with Gasteiger partial charge in [-0.1, -0.05) is 25.0 Å². The van der Waals surface area contributed by atoms with E-state index in [1.807, 2.05) is 6.07 Å². The highest BCUT2D eigenvalue weighted by molar-refractivity contribution is 6.05. The highest BCUT2D eigenvalue weighted by Gasteiger charge is 2.26. The van der Waals surface area contributed by atoms with Crippen LogP contribution >= 0.6 is 0 Å². The average molecular weight is 544 g/mol. The van der Waals surface area contributed by atoms with Crippen molar-refractivity contribution >= 4 is 27.7 Å². The zero-order valence-electron chi connectivity index (χ0n) is 21.8. The molecule has 1 aliphatic carbocycles. The Morgan fingerprint density at radius 3 is 2.62 bits per heavy atom. The molecule has 0 saturated heterocycles. The van der Waals surface area contributed by atoms with E-state index in [1.54, 1.807) is 36.1 Å². The lowest BCUT2D eigenvalue weighted by atomic mass is 9.92. The van der Waals surface area contributed by atoms with Crippen LogP contribution in [0.25, 0.3) is 32.9 Å². The molecule has 2 atom stereocenters. The molecule has 3 heterocycles. The fourth-order valence-electron chi connectivity index (χ4n) is 5.53. The summed E-state index contributed by atoms with van der Waals surface area (Å²) in [6.45, 7) is -0.426. The minimum absolute atomic E-state index is 0.0914. The second-order valence-electron chi connectivity index (χ2n) is 10.3. The molecule has 204 valence electrons. The van der Waals surface area contributed by atoms with Gasteiger partial charge in [0, 0.05) is 36.6 Å². The summed E-state index contributed by atoms with van der Waals surface area (Å²) in [6, 6.07) is 10.5. The van der Waals surface area contributed by atoms with Crippen molar-refractivity contribution in [2.24, 2.45) is 7.05 Å². The second kappa shape index (κ2) is 10.3. The number of benzene rings is 2. The summed E-state index contributed by atoms with van der Waals surface area (Å²) in [6.07, 6.45) is 6.86. The number of carbonyl (C=O) groups is 1. The van der Waals surface area contributed by atoms with Gasteiger partial charge in [-0.25, -0.2) is 8.78 Å². The first kappa shape index (κ1) is 25.8. The third-order valence-corrected chi connectivity index (χ3v) is 7.57. The fourth-order valence-corrected chi connectivity index (χ4v) is 5.53. The number of fused-ring (bicyclic) bond motifs is 2. The Kier molecular flexibility index (Phi) is 6.63. The minimum atomic E-state index is -0.814. The van der Waals surface area contributed by atoms with Crippen LogP contribution in [0.5, 0.6) is 0 Å². The molecule has 2 N–H and O–H groups in total. The van der Waals surface area contributed by atoms with E-state index < -0.39 is 41.8 Å². The molecule has 0 bridgehead atoms. The molecule has 1 saturated carbocycles. The average Bonchev–Trinajstić information content (AvgIpc) is 3.33. The number of pyridine rings is 2. The maximum absolute atomic E-state index is 15.4. The topological polar surface area (TPSA) is 102 Å². The van der Waals surface area contributed by atoms with E-state index in [1.165, 1.54) is 30.6 Å². The monoisotopic (exact) mass is 543 g/mol. The van der Waals surface area contributed by atoms with Gasteiger partial charge in [-0.15, -0.1) is 0 Å².